The normalized spacial score (nSPS) is 10.6. The Labute approximate surface area is 153 Å². The van der Waals surface area contributed by atoms with Crippen molar-refractivity contribution in [1.29, 1.82) is 0 Å². The van der Waals surface area contributed by atoms with Crippen molar-refractivity contribution in [3.05, 3.63) is 76.8 Å². The van der Waals surface area contributed by atoms with E-state index >= 15 is 0 Å². The van der Waals surface area contributed by atoms with Crippen LogP contribution in [0, 0.1) is 5.82 Å². The summed E-state index contributed by atoms with van der Waals surface area (Å²) in [5.74, 6) is 0.409. The molecule has 0 unspecified atom stereocenters. The molecule has 4 nitrogen and oxygen atoms in total. The van der Waals surface area contributed by atoms with Crippen LogP contribution in [0.2, 0.25) is 0 Å². The van der Waals surface area contributed by atoms with Crippen LogP contribution in [0.4, 0.5) is 4.39 Å². The van der Waals surface area contributed by atoms with Gasteiger partial charge in [0.05, 0.1) is 24.4 Å². The van der Waals surface area contributed by atoms with E-state index in [4.69, 9.17) is 0 Å². The Hall–Kier alpha value is -2.25. The van der Waals surface area contributed by atoms with E-state index in [1.807, 2.05) is 23.6 Å². The van der Waals surface area contributed by atoms with Crippen LogP contribution in [-0.2, 0) is 23.5 Å². The van der Waals surface area contributed by atoms with E-state index in [9.17, 15) is 9.18 Å². The van der Waals surface area contributed by atoms with Crippen LogP contribution >= 0.6 is 23.1 Å². The quantitative estimate of drug-likeness (QED) is 0.640. The van der Waals surface area contributed by atoms with Gasteiger partial charge in [0.25, 0.3) is 0 Å². The SMILES string of the molecule is O=C(Cc1csc(SCc2ccc(F)cc2)n1)NCc1ccccn1. The largest absolute Gasteiger partial charge is 0.350 e. The first kappa shape index (κ1) is 17.6. The van der Waals surface area contributed by atoms with Crippen molar-refractivity contribution in [3.8, 4) is 0 Å². The number of benzene rings is 1. The molecule has 25 heavy (non-hydrogen) atoms. The molecule has 0 spiro atoms. The predicted octanol–water partition coefficient (Wildman–Crippen LogP) is 3.83. The fourth-order valence-electron chi connectivity index (χ4n) is 2.08. The van der Waals surface area contributed by atoms with Gasteiger partial charge >= 0.3 is 0 Å². The molecule has 1 amide bonds. The predicted molar refractivity (Wildman–Crippen MR) is 97.9 cm³/mol. The highest BCUT2D eigenvalue weighted by molar-refractivity contribution is 8.00. The van der Waals surface area contributed by atoms with E-state index in [1.165, 1.54) is 23.5 Å². The fourth-order valence-corrected chi connectivity index (χ4v) is 3.88. The molecule has 0 aliphatic rings. The number of hydrogen-bond donors (Lipinski definition) is 1. The molecule has 0 saturated carbocycles. The number of halogens is 1. The molecule has 1 N–H and O–H groups in total. The van der Waals surface area contributed by atoms with Gasteiger partial charge in [-0.15, -0.1) is 11.3 Å². The fraction of sp³-hybridized carbons (Fsp3) is 0.167. The first-order valence-electron chi connectivity index (χ1n) is 7.67. The molecule has 2 aromatic heterocycles. The first-order chi connectivity index (χ1) is 12.2. The number of hydrogen-bond acceptors (Lipinski definition) is 5. The zero-order chi connectivity index (χ0) is 17.5. The summed E-state index contributed by atoms with van der Waals surface area (Å²) in [5.41, 5.74) is 2.62. The van der Waals surface area contributed by atoms with Crippen molar-refractivity contribution in [3.63, 3.8) is 0 Å². The number of pyridine rings is 1. The van der Waals surface area contributed by atoms with Gasteiger partial charge < -0.3 is 5.32 Å². The van der Waals surface area contributed by atoms with Gasteiger partial charge in [0.1, 0.15) is 10.2 Å². The Morgan fingerprint density at radius 2 is 2.00 bits per heavy atom. The summed E-state index contributed by atoms with van der Waals surface area (Å²) in [6.07, 6.45) is 1.95. The average molecular weight is 373 g/mol. The number of carbonyl (C=O) groups is 1. The number of nitrogens with one attached hydrogen (secondary N) is 1. The molecule has 0 aliphatic carbocycles. The standard InChI is InChI=1S/C18H16FN3OS2/c19-14-6-4-13(5-7-14)11-24-18-22-16(12-25-18)9-17(23)21-10-15-3-1-2-8-20-15/h1-8,12H,9-11H2,(H,21,23). The average Bonchev–Trinajstić information content (AvgIpc) is 3.08. The van der Waals surface area contributed by atoms with Gasteiger partial charge in [0.2, 0.25) is 5.91 Å². The molecule has 0 fully saturated rings. The summed E-state index contributed by atoms with van der Waals surface area (Å²) in [4.78, 5) is 20.6. The first-order valence-corrected chi connectivity index (χ1v) is 9.54. The molecule has 0 bridgehead atoms. The van der Waals surface area contributed by atoms with E-state index in [0.717, 1.165) is 27.0 Å². The van der Waals surface area contributed by atoms with Gasteiger partial charge in [-0.3, -0.25) is 9.78 Å². The van der Waals surface area contributed by atoms with E-state index in [1.54, 1.807) is 30.1 Å². The lowest BCUT2D eigenvalue weighted by molar-refractivity contribution is -0.120. The van der Waals surface area contributed by atoms with Gasteiger partial charge in [0.15, 0.2) is 0 Å². The molecule has 2 heterocycles. The third-order valence-electron chi connectivity index (χ3n) is 3.34. The van der Waals surface area contributed by atoms with Crippen molar-refractivity contribution in [1.82, 2.24) is 15.3 Å². The number of thiazole rings is 1. The summed E-state index contributed by atoms with van der Waals surface area (Å²) >= 11 is 3.09. The zero-order valence-electron chi connectivity index (χ0n) is 13.3. The van der Waals surface area contributed by atoms with Crippen molar-refractivity contribution in [2.45, 2.75) is 23.1 Å². The highest BCUT2D eigenvalue weighted by atomic mass is 32.2. The number of carbonyl (C=O) groups excluding carboxylic acids is 1. The third-order valence-corrected chi connectivity index (χ3v) is 5.48. The minimum atomic E-state index is -0.234. The Morgan fingerprint density at radius 1 is 1.16 bits per heavy atom. The number of amides is 1. The lowest BCUT2D eigenvalue weighted by Gasteiger charge is -2.03. The highest BCUT2D eigenvalue weighted by Gasteiger charge is 2.08. The van der Waals surface area contributed by atoms with Crippen LogP contribution < -0.4 is 5.32 Å². The number of aromatic nitrogens is 2. The second-order valence-corrected chi connectivity index (χ2v) is 7.38. The molecule has 0 radical (unpaired) electrons. The summed E-state index contributed by atoms with van der Waals surface area (Å²) in [7, 11) is 0. The molecular formula is C18H16FN3OS2. The Balaban J connectivity index is 1.46. The summed E-state index contributed by atoms with van der Waals surface area (Å²) in [6, 6.07) is 12.0. The maximum Gasteiger partial charge on any atom is 0.226 e. The molecule has 0 atom stereocenters. The summed E-state index contributed by atoms with van der Waals surface area (Å²) in [6.45, 7) is 0.413. The van der Waals surface area contributed by atoms with Gasteiger partial charge in [-0.25, -0.2) is 9.37 Å². The molecule has 1 aromatic carbocycles. The molecule has 0 aliphatic heterocycles. The van der Waals surface area contributed by atoms with Crippen LogP contribution in [0.5, 0.6) is 0 Å². The molecule has 128 valence electrons. The smallest absolute Gasteiger partial charge is 0.226 e. The highest BCUT2D eigenvalue weighted by Crippen LogP contribution is 2.26. The second kappa shape index (κ2) is 8.73. The van der Waals surface area contributed by atoms with Gasteiger partial charge in [-0.1, -0.05) is 30.0 Å². The van der Waals surface area contributed by atoms with Crippen molar-refractivity contribution >= 4 is 29.0 Å². The summed E-state index contributed by atoms with van der Waals surface area (Å²) in [5, 5.41) is 4.74. The molecular weight excluding hydrogens is 357 g/mol. The van der Waals surface area contributed by atoms with Gasteiger partial charge in [0, 0.05) is 17.3 Å². The van der Waals surface area contributed by atoms with Crippen molar-refractivity contribution in [2.75, 3.05) is 0 Å². The van der Waals surface area contributed by atoms with Crippen LogP contribution in [0.25, 0.3) is 0 Å². The minimum Gasteiger partial charge on any atom is -0.350 e. The monoisotopic (exact) mass is 373 g/mol. The van der Waals surface area contributed by atoms with Gasteiger partial charge in [-0.05, 0) is 29.8 Å². The number of nitrogens with zero attached hydrogens (tertiary/aromatic N) is 2. The van der Waals surface area contributed by atoms with Crippen molar-refractivity contribution < 1.29 is 9.18 Å². The summed E-state index contributed by atoms with van der Waals surface area (Å²) < 4.78 is 13.8. The lowest BCUT2D eigenvalue weighted by Crippen LogP contribution is -2.25. The zero-order valence-corrected chi connectivity index (χ0v) is 14.9. The van der Waals surface area contributed by atoms with Crippen LogP contribution in [0.3, 0.4) is 0 Å². The molecule has 3 rings (SSSR count). The third kappa shape index (κ3) is 5.65. The second-order valence-electron chi connectivity index (χ2n) is 5.29. The maximum atomic E-state index is 12.9. The van der Waals surface area contributed by atoms with E-state index < -0.39 is 0 Å². The van der Waals surface area contributed by atoms with Gasteiger partial charge in [-0.2, -0.15) is 0 Å². The van der Waals surface area contributed by atoms with E-state index in [2.05, 4.69) is 15.3 Å². The maximum absolute atomic E-state index is 12.9. The minimum absolute atomic E-state index is 0.0777. The topological polar surface area (TPSA) is 54.9 Å². The van der Waals surface area contributed by atoms with Crippen molar-refractivity contribution in [2.24, 2.45) is 0 Å². The van der Waals surface area contributed by atoms with E-state index in [-0.39, 0.29) is 18.1 Å². The Bertz CT molecular complexity index is 822. The lowest BCUT2D eigenvalue weighted by atomic mass is 10.2. The van der Waals surface area contributed by atoms with Crippen LogP contribution in [0.1, 0.15) is 17.0 Å². The molecule has 3 aromatic rings. The number of thioether (sulfide) groups is 1. The number of rotatable bonds is 7. The Kier molecular flexibility index (Phi) is 6.14. The molecule has 7 heteroatoms. The van der Waals surface area contributed by atoms with Crippen LogP contribution in [-0.4, -0.2) is 15.9 Å². The van der Waals surface area contributed by atoms with E-state index in [0.29, 0.717) is 6.54 Å². The molecule has 0 saturated heterocycles. The Morgan fingerprint density at radius 3 is 2.76 bits per heavy atom. The van der Waals surface area contributed by atoms with Crippen LogP contribution in [0.15, 0.2) is 58.4 Å².